The molecule has 3 aromatic rings. The van der Waals surface area contributed by atoms with Crippen LogP contribution >= 0.6 is 0 Å². The number of hydrogen-bond donors (Lipinski definition) is 2. The number of aliphatic hydroxyl groups is 1. The lowest BCUT2D eigenvalue weighted by Crippen LogP contribution is -2.34. The number of likely N-dealkylation sites (tertiary alicyclic amines) is 1. The van der Waals surface area contributed by atoms with Gasteiger partial charge in [0.15, 0.2) is 11.5 Å². The summed E-state index contributed by atoms with van der Waals surface area (Å²) in [4.78, 5) is 14.2. The third-order valence-electron chi connectivity index (χ3n) is 4.50. The number of rotatable bonds is 3. The summed E-state index contributed by atoms with van der Waals surface area (Å²) < 4.78 is 18.3. The van der Waals surface area contributed by atoms with Crippen molar-refractivity contribution in [3.63, 3.8) is 0 Å². The highest BCUT2D eigenvalue weighted by Crippen LogP contribution is 2.32. The average molecular weight is 341 g/mol. The predicted octanol–water partition coefficient (Wildman–Crippen LogP) is 2.54. The van der Waals surface area contributed by atoms with Crippen LogP contribution in [-0.4, -0.2) is 39.2 Å². The molecule has 1 aliphatic heterocycles. The van der Waals surface area contributed by atoms with Crippen LogP contribution in [0.2, 0.25) is 0 Å². The Bertz CT molecular complexity index is 889. The first kappa shape index (κ1) is 15.6. The number of β-amino-alcohol motifs (C(OH)–C–C–N with tert-alkyl or cyclic N) is 1. The van der Waals surface area contributed by atoms with E-state index in [4.69, 9.17) is 4.42 Å². The summed E-state index contributed by atoms with van der Waals surface area (Å²) >= 11 is 0. The number of H-pyrrole nitrogens is 1. The molecule has 0 radical (unpaired) electrons. The number of amides is 1. The highest BCUT2D eigenvalue weighted by atomic mass is 19.1. The second-order valence-corrected chi connectivity index (χ2v) is 6.16. The fraction of sp³-hybridized carbons (Fsp3) is 0.222. The smallest absolute Gasteiger partial charge is 0.274 e. The molecule has 6 nitrogen and oxygen atoms in total. The fourth-order valence-corrected chi connectivity index (χ4v) is 3.11. The summed E-state index contributed by atoms with van der Waals surface area (Å²) in [6.07, 6.45) is 1.93. The van der Waals surface area contributed by atoms with E-state index in [1.165, 1.54) is 12.1 Å². The van der Waals surface area contributed by atoms with Gasteiger partial charge in [-0.15, -0.1) is 0 Å². The highest BCUT2D eigenvalue weighted by molar-refractivity contribution is 5.93. The van der Waals surface area contributed by atoms with Crippen LogP contribution in [0.25, 0.3) is 11.5 Å². The number of halogens is 1. The summed E-state index contributed by atoms with van der Waals surface area (Å²) in [6.45, 7) is 0.538. The molecule has 1 amide bonds. The van der Waals surface area contributed by atoms with E-state index in [9.17, 15) is 14.3 Å². The molecular formula is C18H16FN3O3. The Kier molecular flexibility index (Phi) is 3.65. The van der Waals surface area contributed by atoms with Gasteiger partial charge in [-0.1, -0.05) is 12.1 Å². The molecule has 1 aliphatic rings. The quantitative estimate of drug-likeness (QED) is 0.767. The second kappa shape index (κ2) is 5.86. The molecule has 1 aromatic carbocycles. The number of benzene rings is 1. The van der Waals surface area contributed by atoms with Crippen molar-refractivity contribution in [3.8, 4) is 11.5 Å². The molecule has 1 unspecified atom stereocenters. The monoisotopic (exact) mass is 341 g/mol. The zero-order valence-corrected chi connectivity index (χ0v) is 13.3. The van der Waals surface area contributed by atoms with Crippen LogP contribution in [0, 0.1) is 5.82 Å². The van der Waals surface area contributed by atoms with E-state index in [0.717, 1.165) is 0 Å². The fourth-order valence-electron chi connectivity index (χ4n) is 3.11. The van der Waals surface area contributed by atoms with Gasteiger partial charge >= 0.3 is 0 Å². The molecular weight excluding hydrogens is 325 g/mol. The van der Waals surface area contributed by atoms with Crippen LogP contribution in [-0.2, 0) is 5.60 Å². The Balaban J connectivity index is 1.51. The van der Waals surface area contributed by atoms with Crippen molar-refractivity contribution in [2.24, 2.45) is 0 Å². The SMILES string of the molecule is O=C(c1cc(-c2ccco2)[nH]n1)N1CCC(O)(c2ccc(F)cc2)C1. The summed E-state index contributed by atoms with van der Waals surface area (Å²) in [5.74, 6) is -0.0388. The number of aromatic amines is 1. The van der Waals surface area contributed by atoms with Crippen LogP contribution < -0.4 is 0 Å². The van der Waals surface area contributed by atoms with Crippen molar-refractivity contribution in [2.75, 3.05) is 13.1 Å². The molecule has 0 saturated carbocycles. The maximum atomic E-state index is 13.1. The Morgan fingerprint density at radius 2 is 2.12 bits per heavy atom. The molecule has 0 spiro atoms. The minimum absolute atomic E-state index is 0.139. The van der Waals surface area contributed by atoms with E-state index in [0.29, 0.717) is 30.0 Å². The van der Waals surface area contributed by atoms with Crippen LogP contribution in [0.5, 0.6) is 0 Å². The van der Waals surface area contributed by atoms with Crippen molar-refractivity contribution in [1.82, 2.24) is 15.1 Å². The maximum Gasteiger partial charge on any atom is 0.274 e. The predicted molar refractivity (Wildman–Crippen MR) is 87.1 cm³/mol. The van der Waals surface area contributed by atoms with Crippen molar-refractivity contribution in [1.29, 1.82) is 0 Å². The van der Waals surface area contributed by atoms with Gasteiger partial charge in [0.05, 0.1) is 12.8 Å². The number of furan rings is 1. The molecule has 2 aromatic heterocycles. The van der Waals surface area contributed by atoms with E-state index in [2.05, 4.69) is 10.2 Å². The van der Waals surface area contributed by atoms with E-state index in [1.54, 1.807) is 41.5 Å². The molecule has 0 bridgehead atoms. The van der Waals surface area contributed by atoms with Gasteiger partial charge < -0.3 is 14.4 Å². The zero-order valence-electron chi connectivity index (χ0n) is 13.3. The van der Waals surface area contributed by atoms with Gasteiger partial charge in [-0.2, -0.15) is 5.10 Å². The van der Waals surface area contributed by atoms with E-state index in [1.807, 2.05) is 0 Å². The Morgan fingerprint density at radius 1 is 1.32 bits per heavy atom. The second-order valence-electron chi connectivity index (χ2n) is 6.16. The molecule has 2 N–H and O–H groups in total. The van der Waals surface area contributed by atoms with Crippen LogP contribution in [0.4, 0.5) is 4.39 Å². The molecule has 1 atom stereocenters. The molecule has 3 heterocycles. The summed E-state index contributed by atoms with van der Waals surface area (Å²) in [6, 6.07) is 10.9. The van der Waals surface area contributed by atoms with Crippen LogP contribution in [0.1, 0.15) is 22.5 Å². The number of carbonyl (C=O) groups is 1. The minimum Gasteiger partial charge on any atom is -0.463 e. The molecule has 0 aliphatic carbocycles. The van der Waals surface area contributed by atoms with Crippen LogP contribution in [0.3, 0.4) is 0 Å². The number of carbonyl (C=O) groups excluding carboxylic acids is 1. The van der Waals surface area contributed by atoms with Crippen molar-refractivity contribution < 1.29 is 18.7 Å². The number of nitrogens with one attached hydrogen (secondary N) is 1. The normalized spacial score (nSPS) is 20.2. The summed E-state index contributed by atoms with van der Waals surface area (Å²) in [5, 5.41) is 17.6. The molecule has 25 heavy (non-hydrogen) atoms. The number of hydrogen-bond acceptors (Lipinski definition) is 4. The lowest BCUT2D eigenvalue weighted by atomic mass is 9.93. The first-order valence-corrected chi connectivity index (χ1v) is 7.92. The summed E-state index contributed by atoms with van der Waals surface area (Å²) in [5.41, 5.74) is 0.294. The van der Waals surface area contributed by atoms with Gasteiger partial charge in [-0.25, -0.2) is 4.39 Å². The first-order chi connectivity index (χ1) is 12.0. The van der Waals surface area contributed by atoms with Gasteiger partial charge in [0.25, 0.3) is 5.91 Å². The zero-order chi connectivity index (χ0) is 17.4. The Labute approximate surface area is 142 Å². The highest BCUT2D eigenvalue weighted by Gasteiger charge is 2.40. The minimum atomic E-state index is -1.18. The van der Waals surface area contributed by atoms with Crippen molar-refractivity contribution in [3.05, 3.63) is 65.8 Å². The van der Waals surface area contributed by atoms with Crippen LogP contribution in [0.15, 0.2) is 53.1 Å². The summed E-state index contributed by atoms with van der Waals surface area (Å²) in [7, 11) is 0. The average Bonchev–Trinajstić information content (AvgIpc) is 3.35. The van der Waals surface area contributed by atoms with Gasteiger partial charge in [0.1, 0.15) is 17.1 Å². The molecule has 4 rings (SSSR count). The van der Waals surface area contributed by atoms with E-state index in [-0.39, 0.29) is 24.0 Å². The molecule has 7 heteroatoms. The number of nitrogens with zero attached hydrogens (tertiary/aromatic N) is 2. The Hall–Kier alpha value is -2.93. The third kappa shape index (κ3) is 2.83. The molecule has 1 saturated heterocycles. The van der Waals surface area contributed by atoms with Gasteiger partial charge in [-0.05, 0) is 36.2 Å². The third-order valence-corrected chi connectivity index (χ3v) is 4.50. The molecule has 128 valence electrons. The van der Waals surface area contributed by atoms with E-state index < -0.39 is 5.60 Å². The van der Waals surface area contributed by atoms with Gasteiger partial charge in [0, 0.05) is 12.6 Å². The first-order valence-electron chi connectivity index (χ1n) is 7.92. The standard InChI is InChI=1S/C18H16FN3O3/c19-13-5-3-12(4-6-13)18(24)7-8-22(11-18)17(23)15-10-14(20-21-15)16-2-1-9-25-16/h1-6,9-10,24H,7-8,11H2,(H,20,21). The Morgan fingerprint density at radius 3 is 2.84 bits per heavy atom. The van der Waals surface area contributed by atoms with Gasteiger partial charge in [-0.3, -0.25) is 9.89 Å². The van der Waals surface area contributed by atoms with E-state index >= 15 is 0 Å². The maximum absolute atomic E-state index is 13.1. The number of aromatic nitrogens is 2. The topological polar surface area (TPSA) is 82.4 Å². The molecule has 1 fully saturated rings. The lowest BCUT2D eigenvalue weighted by molar-refractivity contribution is 0.0415. The van der Waals surface area contributed by atoms with Crippen molar-refractivity contribution >= 4 is 5.91 Å². The lowest BCUT2D eigenvalue weighted by Gasteiger charge is -2.23. The van der Waals surface area contributed by atoms with Gasteiger partial charge in [0.2, 0.25) is 0 Å². The van der Waals surface area contributed by atoms with Crippen molar-refractivity contribution in [2.45, 2.75) is 12.0 Å². The largest absolute Gasteiger partial charge is 0.463 e.